The maximum atomic E-state index is 5.27. The van der Waals surface area contributed by atoms with Crippen LogP contribution in [0.15, 0.2) is 34.9 Å². The summed E-state index contributed by atoms with van der Waals surface area (Å²) >= 11 is 2.04. The molecule has 2 aromatic rings. The van der Waals surface area contributed by atoms with Crippen LogP contribution < -0.4 is 5.32 Å². The molecule has 0 bridgehead atoms. The first kappa shape index (κ1) is 13.6. The van der Waals surface area contributed by atoms with E-state index in [1.807, 2.05) is 30.0 Å². The molecule has 5 heteroatoms. The van der Waals surface area contributed by atoms with Gasteiger partial charge in [0.05, 0.1) is 6.54 Å². The molecular formula is C15H19N3OS. The molecular weight excluding hydrogens is 270 g/mol. The third kappa shape index (κ3) is 3.84. The molecule has 20 heavy (non-hydrogen) atoms. The second kappa shape index (κ2) is 6.90. The molecule has 1 aliphatic rings. The van der Waals surface area contributed by atoms with Crippen LogP contribution in [-0.4, -0.2) is 28.2 Å². The smallest absolute Gasteiger partial charge is 0.240 e. The maximum absolute atomic E-state index is 5.27. The molecule has 1 unspecified atom stereocenters. The van der Waals surface area contributed by atoms with Crippen LogP contribution in [0.4, 0.5) is 0 Å². The van der Waals surface area contributed by atoms with E-state index < -0.39 is 0 Å². The van der Waals surface area contributed by atoms with Crippen molar-refractivity contribution in [2.75, 3.05) is 18.1 Å². The van der Waals surface area contributed by atoms with Crippen LogP contribution in [0.25, 0.3) is 0 Å². The van der Waals surface area contributed by atoms with Gasteiger partial charge in [0, 0.05) is 6.42 Å². The zero-order chi connectivity index (χ0) is 13.6. The fourth-order valence-corrected chi connectivity index (χ4v) is 3.62. The van der Waals surface area contributed by atoms with E-state index in [2.05, 4.69) is 27.6 Å². The van der Waals surface area contributed by atoms with Gasteiger partial charge in [0.25, 0.3) is 0 Å². The summed E-state index contributed by atoms with van der Waals surface area (Å²) in [6.45, 7) is 1.71. The molecule has 0 amide bonds. The van der Waals surface area contributed by atoms with Gasteiger partial charge in [-0.05, 0) is 36.0 Å². The molecule has 0 saturated carbocycles. The highest BCUT2D eigenvalue weighted by Crippen LogP contribution is 2.22. The van der Waals surface area contributed by atoms with Gasteiger partial charge in [-0.2, -0.15) is 16.7 Å². The molecule has 1 fully saturated rings. The third-order valence-corrected chi connectivity index (χ3v) is 4.68. The van der Waals surface area contributed by atoms with Gasteiger partial charge < -0.3 is 9.84 Å². The van der Waals surface area contributed by atoms with Crippen molar-refractivity contribution in [2.45, 2.75) is 19.4 Å². The van der Waals surface area contributed by atoms with E-state index in [4.69, 9.17) is 4.52 Å². The van der Waals surface area contributed by atoms with Crippen molar-refractivity contribution in [3.8, 4) is 0 Å². The van der Waals surface area contributed by atoms with E-state index >= 15 is 0 Å². The number of nitrogens with zero attached hydrogens (tertiary/aromatic N) is 2. The monoisotopic (exact) mass is 289 g/mol. The Kier molecular flexibility index (Phi) is 4.71. The lowest BCUT2D eigenvalue weighted by Crippen LogP contribution is -2.22. The molecule has 3 rings (SSSR count). The highest BCUT2D eigenvalue weighted by Gasteiger charge is 2.15. The second-order valence-corrected chi connectivity index (χ2v) is 6.28. The fourth-order valence-electron chi connectivity index (χ4n) is 2.34. The van der Waals surface area contributed by atoms with E-state index in [1.165, 1.54) is 23.5 Å². The van der Waals surface area contributed by atoms with Gasteiger partial charge in [-0.3, -0.25) is 0 Å². The predicted octanol–water partition coefficient (Wildman–Crippen LogP) is 2.50. The first-order valence-electron chi connectivity index (χ1n) is 7.04. The van der Waals surface area contributed by atoms with E-state index in [1.54, 1.807) is 0 Å². The number of aromatic nitrogens is 2. The van der Waals surface area contributed by atoms with E-state index in [0.717, 1.165) is 24.7 Å². The van der Waals surface area contributed by atoms with Gasteiger partial charge in [0.1, 0.15) is 0 Å². The molecule has 1 aromatic carbocycles. The van der Waals surface area contributed by atoms with Crippen molar-refractivity contribution in [1.29, 1.82) is 0 Å². The van der Waals surface area contributed by atoms with Crippen LogP contribution in [0.3, 0.4) is 0 Å². The molecule has 0 radical (unpaired) electrons. The van der Waals surface area contributed by atoms with Gasteiger partial charge in [-0.25, -0.2) is 0 Å². The van der Waals surface area contributed by atoms with Crippen molar-refractivity contribution in [3.63, 3.8) is 0 Å². The molecule has 1 saturated heterocycles. The minimum absolute atomic E-state index is 0.670. The van der Waals surface area contributed by atoms with Gasteiger partial charge in [-0.1, -0.05) is 35.5 Å². The Morgan fingerprint density at radius 3 is 3.00 bits per heavy atom. The number of benzene rings is 1. The van der Waals surface area contributed by atoms with E-state index in [9.17, 15) is 0 Å². The van der Waals surface area contributed by atoms with Crippen molar-refractivity contribution < 1.29 is 4.52 Å². The molecule has 0 aliphatic carbocycles. The largest absolute Gasteiger partial charge is 0.338 e. The lowest BCUT2D eigenvalue weighted by Gasteiger charge is -2.07. The summed E-state index contributed by atoms with van der Waals surface area (Å²) in [7, 11) is 0. The van der Waals surface area contributed by atoms with Crippen LogP contribution >= 0.6 is 11.8 Å². The first-order chi connectivity index (χ1) is 9.90. The Hall–Kier alpha value is -1.33. The van der Waals surface area contributed by atoms with Gasteiger partial charge in [0.15, 0.2) is 5.82 Å². The normalized spacial score (nSPS) is 18.5. The lowest BCUT2D eigenvalue weighted by atomic mass is 10.1. The van der Waals surface area contributed by atoms with Gasteiger partial charge >= 0.3 is 0 Å². The van der Waals surface area contributed by atoms with Crippen LogP contribution in [0.2, 0.25) is 0 Å². The molecule has 4 nitrogen and oxygen atoms in total. The van der Waals surface area contributed by atoms with Gasteiger partial charge in [0.2, 0.25) is 5.89 Å². The number of nitrogens with one attached hydrogen (secondary N) is 1. The highest BCUT2D eigenvalue weighted by atomic mass is 32.2. The summed E-state index contributed by atoms with van der Waals surface area (Å²) in [5.74, 6) is 4.81. The zero-order valence-corrected chi connectivity index (χ0v) is 12.2. The summed E-state index contributed by atoms with van der Waals surface area (Å²) in [5, 5.41) is 7.44. The molecule has 1 atom stereocenters. The topological polar surface area (TPSA) is 51.0 Å². The summed E-state index contributed by atoms with van der Waals surface area (Å²) in [6, 6.07) is 10.2. The van der Waals surface area contributed by atoms with Gasteiger partial charge in [-0.15, -0.1) is 0 Å². The number of thioether (sulfide) groups is 1. The Labute approximate surface area is 123 Å². The van der Waals surface area contributed by atoms with Crippen molar-refractivity contribution in [1.82, 2.24) is 15.5 Å². The molecule has 0 spiro atoms. The molecule has 1 N–H and O–H groups in total. The summed E-state index contributed by atoms with van der Waals surface area (Å²) < 4.78 is 5.27. The maximum Gasteiger partial charge on any atom is 0.240 e. The Morgan fingerprint density at radius 1 is 1.30 bits per heavy atom. The quantitative estimate of drug-likeness (QED) is 0.885. The average Bonchev–Trinajstić information content (AvgIpc) is 3.12. The minimum Gasteiger partial charge on any atom is -0.338 e. The molecule has 2 heterocycles. The second-order valence-electron chi connectivity index (χ2n) is 5.13. The Balaban J connectivity index is 1.46. The number of hydrogen-bond donors (Lipinski definition) is 1. The van der Waals surface area contributed by atoms with E-state index in [0.29, 0.717) is 12.4 Å². The standard InChI is InChI=1S/C15H19N3OS/c1-2-4-12(5-3-1)8-14-17-15(19-18-14)10-16-9-13-6-7-20-11-13/h1-5,13,16H,6-11H2. The zero-order valence-electron chi connectivity index (χ0n) is 11.4. The van der Waals surface area contributed by atoms with E-state index in [-0.39, 0.29) is 0 Å². The minimum atomic E-state index is 0.670. The lowest BCUT2D eigenvalue weighted by molar-refractivity contribution is 0.358. The van der Waals surface area contributed by atoms with Crippen LogP contribution in [0, 0.1) is 5.92 Å². The Morgan fingerprint density at radius 2 is 2.20 bits per heavy atom. The van der Waals surface area contributed by atoms with Crippen LogP contribution in [-0.2, 0) is 13.0 Å². The highest BCUT2D eigenvalue weighted by molar-refractivity contribution is 7.99. The average molecular weight is 289 g/mol. The molecule has 106 valence electrons. The molecule has 1 aliphatic heterocycles. The summed E-state index contributed by atoms with van der Waals surface area (Å²) in [5.41, 5.74) is 1.20. The van der Waals surface area contributed by atoms with Crippen molar-refractivity contribution in [3.05, 3.63) is 47.6 Å². The predicted molar refractivity (Wildman–Crippen MR) is 80.7 cm³/mol. The first-order valence-corrected chi connectivity index (χ1v) is 8.19. The number of hydrogen-bond acceptors (Lipinski definition) is 5. The van der Waals surface area contributed by atoms with Crippen molar-refractivity contribution >= 4 is 11.8 Å². The molecule has 1 aromatic heterocycles. The van der Waals surface area contributed by atoms with Crippen LogP contribution in [0.1, 0.15) is 23.7 Å². The summed E-state index contributed by atoms with van der Waals surface area (Å²) in [4.78, 5) is 4.42. The third-order valence-electron chi connectivity index (χ3n) is 3.45. The van der Waals surface area contributed by atoms with Crippen LogP contribution in [0.5, 0.6) is 0 Å². The summed E-state index contributed by atoms with van der Waals surface area (Å²) in [6.07, 6.45) is 2.05. The van der Waals surface area contributed by atoms with Crippen molar-refractivity contribution in [2.24, 2.45) is 5.92 Å². The SMILES string of the molecule is c1ccc(Cc2noc(CNCC3CCSC3)n2)cc1. The fraction of sp³-hybridized carbons (Fsp3) is 0.467. The number of rotatable bonds is 6. The Bertz CT molecular complexity index is 523.